The molecule has 0 spiro atoms. The van der Waals surface area contributed by atoms with E-state index in [0.29, 0.717) is 18.5 Å². The van der Waals surface area contributed by atoms with Gasteiger partial charge >= 0.3 is 0 Å². The summed E-state index contributed by atoms with van der Waals surface area (Å²) >= 11 is 1.46. The highest BCUT2D eigenvalue weighted by Crippen LogP contribution is 2.13. The molecule has 1 atom stereocenters. The first kappa shape index (κ1) is 14.6. The fourth-order valence-corrected chi connectivity index (χ4v) is 3.36. The molecule has 0 radical (unpaired) electrons. The summed E-state index contributed by atoms with van der Waals surface area (Å²) in [5, 5.41) is 12.7. The molecule has 1 fully saturated rings. The molecular weight excluding hydrogens is 288 g/mol. The zero-order valence-electron chi connectivity index (χ0n) is 12.1. The Morgan fingerprint density at radius 3 is 2.86 bits per heavy atom. The second-order valence-corrected chi connectivity index (χ2v) is 6.49. The predicted octanol–water partition coefficient (Wildman–Crippen LogP) is 0.0663. The molecule has 1 aliphatic heterocycles. The SMILES string of the molecule is CN1CCN(C[C@@H](O)Cn2cnc3sccc3c2=O)CC1. The van der Waals surface area contributed by atoms with Gasteiger partial charge < -0.3 is 10.0 Å². The minimum absolute atomic E-state index is 0.0707. The van der Waals surface area contributed by atoms with Gasteiger partial charge in [0.15, 0.2) is 0 Å². The third-order valence-corrected chi connectivity index (χ3v) is 4.74. The van der Waals surface area contributed by atoms with Crippen LogP contribution < -0.4 is 5.56 Å². The van der Waals surface area contributed by atoms with Crippen molar-refractivity contribution in [3.63, 3.8) is 0 Å². The van der Waals surface area contributed by atoms with Crippen molar-refractivity contribution >= 4 is 21.6 Å². The summed E-state index contributed by atoms with van der Waals surface area (Å²) in [7, 11) is 2.11. The van der Waals surface area contributed by atoms with E-state index in [0.717, 1.165) is 31.0 Å². The highest BCUT2D eigenvalue weighted by Gasteiger charge is 2.18. The van der Waals surface area contributed by atoms with Gasteiger partial charge in [-0.1, -0.05) is 0 Å². The fourth-order valence-electron chi connectivity index (χ4n) is 2.64. The maximum atomic E-state index is 12.3. The van der Waals surface area contributed by atoms with E-state index in [1.807, 2.05) is 5.38 Å². The number of fused-ring (bicyclic) bond motifs is 1. The summed E-state index contributed by atoms with van der Waals surface area (Å²) in [5.74, 6) is 0. The van der Waals surface area contributed by atoms with Gasteiger partial charge in [-0.05, 0) is 18.5 Å². The number of rotatable bonds is 4. The van der Waals surface area contributed by atoms with Crippen LogP contribution in [-0.4, -0.2) is 70.3 Å². The van der Waals surface area contributed by atoms with Crippen LogP contribution in [0.15, 0.2) is 22.6 Å². The van der Waals surface area contributed by atoms with Gasteiger partial charge in [0.1, 0.15) is 4.83 Å². The Balaban J connectivity index is 1.64. The number of piperazine rings is 1. The van der Waals surface area contributed by atoms with Gasteiger partial charge in [-0.25, -0.2) is 4.98 Å². The molecule has 0 unspecified atom stereocenters. The largest absolute Gasteiger partial charge is 0.390 e. The summed E-state index contributed by atoms with van der Waals surface area (Å²) < 4.78 is 1.51. The molecule has 7 heteroatoms. The number of hydrogen-bond acceptors (Lipinski definition) is 6. The van der Waals surface area contributed by atoms with Gasteiger partial charge in [-0.2, -0.15) is 0 Å². The van der Waals surface area contributed by atoms with Crippen molar-refractivity contribution in [3.8, 4) is 0 Å². The first-order chi connectivity index (χ1) is 10.1. The lowest BCUT2D eigenvalue weighted by Gasteiger charge is -2.33. The summed E-state index contributed by atoms with van der Waals surface area (Å²) in [6.45, 7) is 4.87. The lowest BCUT2D eigenvalue weighted by Crippen LogP contribution is -2.47. The second kappa shape index (κ2) is 6.23. The van der Waals surface area contributed by atoms with Gasteiger partial charge in [-0.15, -0.1) is 11.3 Å². The van der Waals surface area contributed by atoms with Gasteiger partial charge in [0.2, 0.25) is 0 Å². The van der Waals surface area contributed by atoms with Crippen LogP contribution in [0, 0.1) is 0 Å². The minimum atomic E-state index is -0.552. The zero-order chi connectivity index (χ0) is 14.8. The Morgan fingerprint density at radius 2 is 2.10 bits per heavy atom. The number of aromatic nitrogens is 2. The minimum Gasteiger partial charge on any atom is -0.390 e. The van der Waals surface area contributed by atoms with Crippen LogP contribution in [-0.2, 0) is 6.54 Å². The van der Waals surface area contributed by atoms with E-state index in [2.05, 4.69) is 21.8 Å². The molecule has 0 amide bonds. The summed E-state index contributed by atoms with van der Waals surface area (Å²) in [6, 6.07) is 1.79. The summed E-state index contributed by atoms with van der Waals surface area (Å²) in [5.41, 5.74) is -0.0707. The second-order valence-electron chi connectivity index (χ2n) is 5.60. The summed E-state index contributed by atoms with van der Waals surface area (Å²) in [6.07, 6.45) is 0.984. The van der Waals surface area contributed by atoms with Crippen molar-refractivity contribution < 1.29 is 5.11 Å². The lowest BCUT2D eigenvalue weighted by molar-refractivity contribution is 0.0704. The molecule has 0 bridgehead atoms. The van der Waals surface area contributed by atoms with Crippen molar-refractivity contribution in [2.75, 3.05) is 39.8 Å². The van der Waals surface area contributed by atoms with E-state index < -0.39 is 6.10 Å². The number of thiophene rings is 1. The Kier molecular flexibility index (Phi) is 4.34. The zero-order valence-corrected chi connectivity index (χ0v) is 12.9. The number of β-amino-alcohol motifs (C(OH)–C–C–N with tert-alkyl or cyclic N) is 1. The number of nitrogens with zero attached hydrogens (tertiary/aromatic N) is 4. The highest BCUT2D eigenvalue weighted by molar-refractivity contribution is 7.16. The third kappa shape index (κ3) is 3.32. The molecule has 2 aromatic heterocycles. The Bertz CT molecular complexity index is 660. The maximum Gasteiger partial charge on any atom is 0.262 e. The van der Waals surface area contributed by atoms with Crippen LogP contribution in [0.25, 0.3) is 10.2 Å². The molecule has 21 heavy (non-hydrogen) atoms. The van der Waals surface area contributed by atoms with E-state index in [1.165, 1.54) is 22.2 Å². The quantitative estimate of drug-likeness (QED) is 0.866. The Morgan fingerprint density at radius 1 is 1.33 bits per heavy atom. The van der Waals surface area contributed by atoms with Crippen molar-refractivity contribution in [2.24, 2.45) is 0 Å². The van der Waals surface area contributed by atoms with Crippen LogP contribution in [0.3, 0.4) is 0 Å². The third-order valence-electron chi connectivity index (χ3n) is 3.92. The molecule has 6 nitrogen and oxygen atoms in total. The summed E-state index contributed by atoms with van der Waals surface area (Å²) in [4.78, 5) is 21.8. The molecule has 114 valence electrons. The average molecular weight is 308 g/mol. The van der Waals surface area contributed by atoms with Crippen molar-refractivity contribution in [3.05, 3.63) is 28.1 Å². The number of aliphatic hydroxyl groups is 1. The van der Waals surface area contributed by atoms with Crippen LogP contribution in [0.5, 0.6) is 0 Å². The molecule has 2 aromatic rings. The van der Waals surface area contributed by atoms with Crippen LogP contribution in [0.1, 0.15) is 0 Å². The van der Waals surface area contributed by atoms with Crippen LogP contribution in [0.2, 0.25) is 0 Å². The van der Waals surface area contributed by atoms with E-state index >= 15 is 0 Å². The van der Waals surface area contributed by atoms with Crippen molar-refractivity contribution in [1.29, 1.82) is 0 Å². The average Bonchev–Trinajstić information content (AvgIpc) is 2.94. The first-order valence-corrected chi connectivity index (χ1v) is 8.03. The molecule has 0 saturated carbocycles. The molecule has 0 aromatic carbocycles. The van der Waals surface area contributed by atoms with Crippen LogP contribution >= 0.6 is 11.3 Å². The molecular formula is C14H20N4O2S. The molecule has 1 aliphatic rings. The smallest absolute Gasteiger partial charge is 0.262 e. The van der Waals surface area contributed by atoms with Crippen molar-refractivity contribution in [2.45, 2.75) is 12.6 Å². The Labute approximate surface area is 127 Å². The van der Waals surface area contributed by atoms with E-state index in [9.17, 15) is 9.90 Å². The van der Waals surface area contributed by atoms with Gasteiger partial charge in [-0.3, -0.25) is 14.3 Å². The lowest BCUT2D eigenvalue weighted by atomic mass is 10.2. The predicted molar refractivity (Wildman–Crippen MR) is 83.8 cm³/mol. The van der Waals surface area contributed by atoms with Gasteiger partial charge in [0.05, 0.1) is 24.4 Å². The first-order valence-electron chi connectivity index (χ1n) is 7.15. The number of likely N-dealkylation sites (N-methyl/N-ethyl adjacent to an activating group) is 1. The van der Waals surface area contributed by atoms with E-state index in [-0.39, 0.29) is 5.56 Å². The van der Waals surface area contributed by atoms with Crippen molar-refractivity contribution in [1.82, 2.24) is 19.4 Å². The molecule has 3 rings (SSSR count). The molecule has 1 saturated heterocycles. The number of aliphatic hydroxyl groups excluding tert-OH is 1. The molecule has 1 N–H and O–H groups in total. The highest BCUT2D eigenvalue weighted by atomic mass is 32.1. The van der Waals surface area contributed by atoms with E-state index in [4.69, 9.17) is 0 Å². The Hall–Kier alpha value is -1.28. The molecule has 3 heterocycles. The topological polar surface area (TPSA) is 61.6 Å². The van der Waals surface area contributed by atoms with Crippen LogP contribution in [0.4, 0.5) is 0 Å². The fraction of sp³-hybridized carbons (Fsp3) is 0.571. The van der Waals surface area contributed by atoms with E-state index in [1.54, 1.807) is 6.07 Å². The maximum absolute atomic E-state index is 12.3. The number of hydrogen-bond donors (Lipinski definition) is 1. The monoisotopic (exact) mass is 308 g/mol. The van der Waals surface area contributed by atoms with Gasteiger partial charge in [0, 0.05) is 32.7 Å². The molecule has 0 aliphatic carbocycles. The van der Waals surface area contributed by atoms with Gasteiger partial charge in [0.25, 0.3) is 5.56 Å². The normalized spacial score (nSPS) is 19.1. The standard InChI is InChI=1S/C14H20N4O2S/c1-16-3-5-17(6-4-16)8-11(19)9-18-10-15-13-12(14(18)20)2-7-21-13/h2,7,10-11,19H,3-6,8-9H2,1H3/t11-/m1/s1.